The van der Waals surface area contributed by atoms with Crippen molar-refractivity contribution in [2.45, 2.75) is 19.5 Å². The number of sulfonamides is 1. The maximum absolute atomic E-state index is 13.0. The molecule has 0 aliphatic heterocycles. The standard InChI is InChI=1S/C18H20ClFN2O3S/c1-13(15-5-9-17(20)10-6-15)21-18(23)12-22(26(2,24)25)11-14-3-7-16(19)8-4-14/h3-10,13H,11-12H2,1-2H3,(H,21,23)/t13-/m1/s1. The van der Waals surface area contributed by atoms with E-state index in [4.69, 9.17) is 11.6 Å². The second-order valence-electron chi connectivity index (χ2n) is 6.00. The Balaban J connectivity index is 2.04. The van der Waals surface area contributed by atoms with E-state index in [0.717, 1.165) is 21.7 Å². The minimum absolute atomic E-state index is 0.0638. The summed E-state index contributed by atoms with van der Waals surface area (Å²) in [6.45, 7) is 1.50. The van der Waals surface area contributed by atoms with Gasteiger partial charge in [-0.25, -0.2) is 12.8 Å². The maximum Gasteiger partial charge on any atom is 0.235 e. The zero-order chi connectivity index (χ0) is 19.3. The first-order valence-electron chi connectivity index (χ1n) is 7.89. The van der Waals surface area contributed by atoms with Crippen molar-refractivity contribution in [3.63, 3.8) is 0 Å². The van der Waals surface area contributed by atoms with Crippen LogP contribution in [0.25, 0.3) is 0 Å². The predicted molar refractivity (Wildman–Crippen MR) is 99.7 cm³/mol. The Morgan fingerprint density at radius 3 is 2.27 bits per heavy atom. The largest absolute Gasteiger partial charge is 0.348 e. The molecule has 5 nitrogen and oxygen atoms in total. The van der Waals surface area contributed by atoms with Gasteiger partial charge in [0.1, 0.15) is 5.82 Å². The van der Waals surface area contributed by atoms with E-state index in [-0.39, 0.29) is 24.9 Å². The number of rotatable bonds is 7. The third-order valence-corrected chi connectivity index (χ3v) is 5.26. The maximum atomic E-state index is 13.0. The molecule has 0 aliphatic carbocycles. The molecule has 140 valence electrons. The van der Waals surface area contributed by atoms with Crippen molar-refractivity contribution in [1.82, 2.24) is 9.62 Å². The van der Waals surface area contributed by atoms with E-state index in [9.17, 15) is 17.6 Å². The number of nitrogens with zero attached hydrogens (tertiary/aromatic N) is 1. The summed E-state index contributed by atoms with van der Waals surface area (Å²) < 4.78 is 38.1. The van der Waals surface area contributed by atoms with Gasteiger partial charge in [0, 0.05) is 11.6 Å². The average molecular weight is 399 g/mol. The predicted octanol–water partition coefficient (Wildman–Crippen LogP) is 3.12. The van der Waals surface area contributed by atoms with Crippen LogP contribution in [0.15, 0.2) is 48.5 Å². The Bertz CT molecular complexity index is 855. The van der Waals surface area contributed by atoms with E-state index >= 15 is 0 Å². The Labute approximate surface area is 157 Å². The molecule has 0 aliphatic rings. The fourth-order valence-electron chi connectivity index (χ4n) is 2.37. The van der Waals surface area contributed by atoms with Gasteiger partial charge in [0.2, 0.25) is 15.9 Å². The number of halogens is 2. The number of hydrogen-bond donors (Lipinski definition) is 1. The number of benzene rings is 2. The van der Waals surface area contributed by atoms with Crippen LogP contribution in [0.3, 0.4) is 0 Å². The second-order valence-corrected chi connectivity index (χ2v) is 8.42. The molecule has 0 spiro atoms. The van der Waals surface area contributed by atoms with Crippen LogP contribution in [-0.4, -0.2) is 31.4 Å². The van der Waals surface area contributed by atoms with Gasteiger partial charge < -0.3 is 5.32 Å². The van der Waals surface area contributed by atoms with E-state index in [0.29, 0.717) is 5.02 Å². The van der Waals surface area contributed by atoms with Crippen molar-refractivity contribution in [1.29, 1.82) is 0 Å². The summed E-state index contributed by atoms with van der Waals surface area (Å²) in [5.41, 5.74) is 1.45. The van der Waals surface area contributed by atoms with Crippen molar-refractivity contribution in [3.8, 4) is 0 Å². The molecule has 26 heavy (non-hydrogen) atoms. The van der Waals surface area contributed by atoms with Crippen LogP contribution in [-0.2, 0) is 21.4 Å². The summed E-state index contributed by atoms with van der Waals surface area (Å²) in [7, 11) is -3.58. The molecule has 1 atom stereocenters. The van der Waals surface area contributed by atoms with E-state index in [1.807, 2.05) is 0 Å². The molecule has 0 saturated heterocycles. The number of carbonyl (C=O) groups is 1. The first-order chi connectivity index (χ1) is 12.1. The molecule has 0 fully saturated rings. The van der Waals surface area contributed by atoms with Gasteiger partial charge in [0.05, 0.1) is 18.8 Å². The van der Waals surface area contributed by atoms with Crippen LogP contribution in [0, 0.1) is 5.82 Å². The molecule has 0 saturated carbocycles. The monoisotopic (exact) mass is 398 g/mol. The van der Waals surface area contributed by atoms with Crippen LogP contribution in [0.2, 0.25) is 5.02 Å². The number of amides is 1. The van der Waals surface area contributed by atoms with E-state index in [1.165, 1.54) is 12.1 Å². The van der Waals surface area contributed by atoms with Crippen LogP contribution >= 0.6 is 11.6 Å². The van der Waals surface area contributed by atoms with Crippen LogP contribution in [0.1, 0.15) is 24.1 Å². The van der Waals surface area contributed by atoms with Gasteiger partial charge in [0.15, 0.2) is 0 Å². The first kappa shape index (κ1) is 20.4. The van der Waals surface area contributed by atoms with Gasteiger partial charge in [-0.1, -0.05) is 35.9 Å². The summed E-state index contributed by atoms with van der Waals surface area (Å²) in [6.07, 6.45) is 1.06. The van der Waals surface area contributed by atoms with Gasteiger partial charge in [-0.05, 0) is 42.3 Å². The highest BCUT2D eigenvalue weighted by atomic mass is 35.5. The highest BCUT2D eigenvalue weighted by Crippen LogP contribution is 2.15. The van der Waals surface area contributed by atoms with Crippen LogP contribution in [0.4, 0.5) is 4.39 Å². The number of carbonyl (C=O) groups excluding carboxylic acids is 1. The van der Waals surface area contributed by atoms with Gasteiger partial charge >= 0.3 is 0 Å². The number of hydrogen-bond acceptors (Lipinski definition) is 3. The minimum atomic E-state index is -3.58. The normalized spacial score (nSPS) is 12.8. The van der Waals surface area contributed by atoms with Gasteiger partial charge in [-0.15, -0.1) is 0 Å². The molecule has 0 aromatic heterocycles. The Hall–Kier alpha value is -1.96. The second kappa shape index (κ2) is 8.62. The smallest absolute Gasteiger partial charge is 0.235 e. The minimum Gasteiger partial charge on any atom is -0.348 e. The summed E-state index contributed by atoms with van der Waals surface area (Å²) in [4.78, 5) is 12.3. The van der Waals surface area contributed by atoms with Crippen molar-refractivity contribution in [2.75, 3.05) is 12.8 Å². The molecular formula is C18H20ClFN2O3S. The SMILES string of the molecule is C[C@@H](NC(=O)CN(Cc1ccc(Cl)cc1)S(C)(=O)=O)c1ccc(F)cc1. The zero-order valence-corrected chi connectivity index (χ0v) is 16.0. The Kier molecular flexibility index (Phi) is 6.75. The lowest BCUT2D eigenvalue weighted by Gasteiger charge is -2.21. The fourth-order valence-corrected chi connectivity index (χ4v) is 3.23. The lowest BCUT2D eigenvalue weighted by atomic mass is 10.1. The topological polar surface area (TPSA) is 66.5 Å². The molecule has 2 rings (SSSR count). The molecule has 1 amide bonds. The molecule has 8 heteroatoms. The quantitative estimate of drug-likeness (QED) is 0.779. The summed E-state index contributed by atoms with van der Waals surface area (Å²) in [5.74, 6) is -0.806. The van der Waals surface area contributed by atoms with Crippen LogP contribution in [0.5, 0.6) is 0 Å². The molecule has 0 heterocycles. The average Bonchev–Trinajstić information content (AvgIpc) is 2.56. The molecule has 1 N–H and O–H groups in total. The fraction of sp³-hybridized carbons (Fsp3) is 0.278. The van der Waals surface area contributed by atoms with Crippen molar-refractivity contribution in [3.05, 3.63) is 70.5 Å². The first-order valence-corrected chi connectivity index (χ1v) is 10.1. The summed E-state index contributed by atoms with van der Waals surface area (Å²) in [6, 6.07) is 12.1. The van der Waals surface area contributed by atoms with E-state index < -0.39 is 15.9 Å². The van der Waals surface area contributed by atoms with Gasteiger partial charge in [-0.2, -0.15) is 4.31 Å². The Morgan fingerprint density at radius 2 is 1.73 bits per heavy atom. The van der Waals surface area contributed by atoms with Gasteiger partial charge in [-0.3, -0.25) is 4.79 Å². The molecule has 0 radical (unpaired) electrons. The molecule has 0 unspecified atom stereocenters. The zero-order valence-electron chi connectivity index (χ0n) is 14.4. The van der Waals surface area contributed by atoms with E-state index in [1.54, 1.807) is 43.3 Å². The van der Waals surface area contributed by atoms with Crippen molar-refractivity contribution >= 4 is 27.5 Å². The highest BCUT2D eigenvalue weighted by molar-refractivity contribution is 7.88. The Morgan fingerprint density at radius 1 is 1.15 bits per heavy atom. The van der Waals surface area contributed by atoms with Crippen LogP contribution < -0.4 is 5.32 Å². The summed E-state index contributed by atoms with van der Waals surface area (Å²) in [5, 5.41) is 3.27. The van der Waals surface area contributed by atoms with E-state index in [2.05, 4.69) is 5.32 Å². The lowest BCUT2D eigenvalue weighted by Crippen LogP contribution is -2.40. The van der Waals surface area contributed by atoms with Gasteiger partial charge in [0.25, 0.3) is 0 Å². The summed E-state index contributed by atoms with van der Waals surface area (Å²) >= 11 is 5.83. The lowest BCUT2D eigenvalue weighted by molar-refractivity contribution is -0.122. The third kappa shape index (κ3) is 6.09. The molecule has 2 aromatic rings. The molecule has 2 aromatic carbocycles. The highest BCUT2D eigenvalue weighted by Gasteiger charge is 2.21. The van der Waals surface area contributed by atoms with Crippen molar-refractivity contribution < 1.29 is 17.6 Å². The number of nitrogens with one attached hydrogen (secondary N) is 1. The molecular weight excluding hydrogens is 379 g/mol. The van der Waals surface area contributed by atoms with Crippen molar-refractivity contribution in [2.24, 2.45) is 0 Å². The molecule has 0 bridgehead atoms. The third-order valence-electron chi connectivity index (χ3n) is 3.81.